The maximum atomic E-state index is 13.1. The highest BCUT2D eigenvalue weighted by Crippen LogP contribution is 2.31. The molecule has 1 unspecified atom stereocenters. The van der Waals surface area contributed by atoms with Gasteiger partial charge in [0.15, 0.2) is 11.3 Å². The van der Waals surface area contributed by atoms with Crippen LogP contribution < -0.4 is 15.9 Å². The Labute approximate surface area is 182 Å². The van der Waals surface area contributed by atoms with Gasteiger partial charge in [-0.2, -0.15) is 0 Å². The number of rotatable bonds is 6. The van der Waals surface area contributed by atoms with Gasteiger partial charge in [0.25, 0.3) is 5.91 Å². The van der Waals surface area contributed by atoms with Gasteiger partial charge in [0.05, 0.1) is 5.36 Å². The van der Waals surface area contributed by atoms with Gasteiger partial charge in [-0.05, 0) is 29.5 Å². The average Bonchev–Trinajstić information content (AvgIpc) is 2.76. The molecule has 1 N–H and O–H groups in total. The molecule has 2 heterocycles. The first-order valence-electron chi connectivity index (χ1n) is 10.7. The van der Waals surface area contributed by atoms with Crippen LogP contribution >= 0.6 is 11.8 Å². The number of unbranched alkanes of at least 4 members (excludes halogenated alkanes) is 2. The monoisotopic (exact) mass is 420 g/mol. The molecule has 1 atom stereocenters. The van der Waals surface area contributed by atoms with Gasteiger partial charge in [-0.25, -0.2) is 5.01 Å². The minimum Gasteiger partial charge on any atom is -0.298 e. The summed E-state index contributed by atoms with van der Waals surface area (Å²) >= 11 is 1.60. The van der Waals surface area contributed by atoms with Gasteiger partial charge < -0.3 is 0 Å². The van der Waals surface area contributed by atoms with Crippen molar-refractivity contribution in [1.82, 2.24) is 10.3 Å². The second-order valence-electron chi connectivity index (χ2n) is 7.95. The molecule has 6 heteroatoms. The molecule has 0 aromatic heterocycles. The quantitative estimate of drug-likeness (QED) is 0.722. The number of thioether (sulfide) groups is 1. The Bertz CT molecular complexity index is 1080. The van der Waals surface area contributed by atoms with Gasteiger partial charge in [0.2, 0.25) is 0 Å². The lowest BCUT2D eigenvalue weighted by atomic mass is 10.0. The number of carbonyl (C=O) groups excluding carboxylic acids is 1. The minimum absolute atomic E-state index is 0.117. The molecule has 0 bridgehead atoms. The highest BCUT2D eigenvalue weighted by atomic mass is 32.2. The molecular formula is C24H28N4OS. The van der Waals surface area contributed by atoms with E-state index in [0.717, 1.165) is 28.3 Å². The molecule has 0 radical (unpaired) electrons. The lowest BCUT2D eigenvalue weighted by Crippen LogP contribution is -2.50. The number of carbonyl (C=O) groups is 1. The van der Waals surface area contributed by atoms with Crippen LogP contribution in [0.1, 0.15) is 63.2 Å². The molecule has 0 saturated heterocycles. The molecule has 0 fully saturated rings. The molecular weight excluding hydrogens is 392 g/mol. The molecule has 156 valence electrons. The summed E-state index contributed by atoms with van der Waals surface area (Å²) in [5.41, 5.74) is 2.88. The van der Waals surface area contributed by atoms with Crippen LogP contribution in [-0.4, -0.2) is 21.8 Å². The van der Waals surface area contributed by atoms with Crippen LogP contribution in [0.15, 0.2) is 58.6 Å². The fraction of sp³-hybridized carbons (Fsp3) is 0.375. The first kappa shape index (κ1) is 20.7. The minimum atomic E-state index is -0.353. The summed E-state index contributed by atoms with van der Waals surface area (Å²) in [6, 6.07) is 16.3. The number of fused-ring (bicyclic) bond motifs is 2. The number of amides is 1. The van der Waals surface area contributed by atoms with Crippen molar-refractivity contribution >= 4 is 28.5 Å². The molecule has 2 aliphatic heterocycles. The molecule has 4 rings (SSSR count). The smallest absolute Gasteiger partial charge is 0.276 e. The van der Waals surface area contributed by atoms with Crippen LogP contribution in [0.3, 0.4) is 0 Å². The zero-order valence-electron chi connectivity index (χ0n) is 17.8. The number of nitrogens with one attached hydrogen (secondary N) is 1. The van der Waals surface area contributed by atoms with Crippen LogP contribution in [0.25, 0.3) is 5.70 Å². The van der Waals surface area contributed by atoms with Crippen LogP contribution in [0.2, 0.25) is 0 Å². The van der Waals surface area contributed by atoms with Gasteiger partial charge in [-0.1, -0.05) is 87.8 Å². The Hall–Kier alpha value is -2.60. The number of para-hydroxylation sites is 1. The summed E-state index contributed by atoms with van der Waals surface area (Å²) in [6.07, 6.45) is 3.12. The lowest BCUT2D eigenvalue weighted by molar-refractivity contribution is -0.116. The topological polar surface area (TPSA) is 57.1 Å². The third-order valence-electron chi connectivity index (χ3n) is 5.40. The summed E-state index contributed by atoms with van der Waals surface area (Å²) in [4.78, 5) is 18.0. The molecule has 5 nitrogen and oxygen atoms in total. The van der Waals surface area contributed by atoms with Crippen molar-refractivity contribution in [1.29, 1.82) is 0 Å². The summed E-state index contributed by atoms with van der Waals surface area (Å²) in [7, 11) is 0. The molecule has 1 amide bonds. The van der Waals surface area contributed by atoms with E-state index in [-0.39, 0.29) is 12.1 Å². The molecule has 2 aliphatic rings. The summed E-state index contributed by atoms with van der Waals surface area (Å²) < 4.78 is 0. The van der Waals surface area contributed by atoms with Crippen LogP contribution in [0.4, 0.5) is 0 Å². The molecule has 0 saturated carbocycles. The molecule has 2 aromatic rings. The number of hydrogen-bond donors (Lipinski definition) is 1. The number of nitrogens with zero attached hydrogens (tertiary/aromatic N) is 3. The zero-order chi connectivity index (χ0) is 21.1. The SMILES string of the molecule is CCCCCSC1=NN2C(=c3ccccc3=NC2c2ccc(C(C)C)cc2)C(=O)N1. The Balaban J connectivity index is 1.75. The van der Waals surface area contributed by atoms with Gasteiger partial charge in [-0.15, -0.1) is 5.10 Å². The van der Waals surface area contributed by atoms with Crippen molar-refractivity contribution in [3.8, 4) is 0 Å². The Kier molecular flexibility index (Phi) is 6.23. The van der Waals surface area contributed by atoms with Crippen molar-refractivity contribution in [2.75, 3.05) is 5.75 Å². The van der Waals surface area contributed by atoms with Crippen molar-refractivity contribution in [3.05, 3.63) is 70.2 Å². The summed E-state index contributed by atoms with van der Waals surface area (Å²) in [5.74, 6) is 1.29. The number of hydrazone groups is 1. The second kappa shape index (κ2) is 9.04. The van der Waals surface area contributed by atoms with E-state index >= 15 is 0 Å². The average molecular weight is 421 g/mol. The second-order valence-corrected chi connectivity index (χ2v) is 9.03. The normalized spacial score (nSPS) is 17.8. The molecule has 0 aliphatic carbocycles. The third-order valence-corrected chi connectivity index (χ3v) is 6.35. The van der Waals surface area contributed by atoms with Crippen molar-refractivity contribution in [2.45, 2.75) is 52.1 Å². The predicted octanol–water partition coefficient (Wildman–Crippen LogP) is 3.88. The zero-order valence-corrected chi connectivity index (χ0v) is 18.6. The van der Waals surface area contributed by atoms with Crippen molar-refractivity contribution in [2.24, 2.45) is 10.1 Å². The molecule has 0 spiro atoms. The van der Waals surface area contributed by atoms with Crippen LogP contribution in [0.5, 0.6) is 0 Å². The fourth-order valence-electron chi connectivity index (χ4n) is 3.68. The van der Waals surface area contributed by atoms with Crippen molar-refractivity contribution < 1.29 is 4.79 Å². The van der Waals surface area contributed by atoms with E-state index < -0.39 is 0 Å². The van der Waals surface area contributed by atoms with E-state index in [1.165, 1.54) is 18.4 Å². The standard InChI is InChI=1S/C24H28N4OS/c1-4-5-8-15-30-24-26-23(29)21-19-9-6-7-10-20(19)25-22(28(21)27-24)18-13-11-17(12-14-18)16(2)3/h6-7,9-14,16,22H,4-5,8,15H2,1-3H3,(H,26,27,29). The number of benzene rings is 2. The number of hydrogen-bond acceptors (Lipinski definition) is 5. The van der Waals surface area contributed by atoms with E-state index in [0.29, 0.717) is 16.8 Å². The van der Waals surface area contributed by atoms with E-state index in [2.05, 4.69) is 50.4 Å². The van der Waals surface area contributed by atoms with E-state index in [1.807, 2.05) is 24.3 Å². The van der Waals surface area contributed by atoms with Crippen molar-refractivity contribution in [3.63, 3.8) is 0 Å². The van der Waals surface area contributed by atoms with E-state index in [1.54, 1.807) is 16.8 Å². The maximum Gasteiger partial charge on any atom is 0.276 e. The highest BCUT2D eigenvalue weighted by Gasteiger charge is 2.34. The van der Waals surface area contributed by atoms with Gasteiger partial charge in [0, 0.05) is 11.0 Å². The number of amidine groups is 1. The van der Waals surface area contributed by atoms with Gasteiger partial charge >= 0.3 is 0 Å². The predicted molar refractivity (Wildman–Crippen MR) is 123 cm³/mol. The van der Waals surface area contributed by atoms with E-state index in [4.69, 9.17) is 10.1 Å². The highest BCUT2D eigenvalue weighted by molar-refractivity contribution is 8.13. The van der Waals surface area contributed by atoms with Gasteiger partial charge in [0.1, 0.15) is 5.70 Å². The maximum absolute atomic E-state index is 13.1. The third kappa shape index (κ3) is 4.15. The van der Waals surface area contributed by atoms with Crippen LogP contribution in [-0.2, 0) is 4.79 Å². The Morgan fingerprint density at radius 3 is 2.60 bits per heavy atom. The molecule has 2 aromatic carbocycles. The first-order valence-corrected chi connectivity index (χ1v) is 11.7. The largest absolute Gasteiger partial charge is 0.298 e. The molecule has 30 heavy (non-hydrogen) atoms. The first-order chi connectivity index (χ1) is 14.6. The summed E-state index contributed by atoms with van der Waals surface area (Å²) in [5, 5.41) is 11.9. The van der Waals surface area contributed by atoms with Gasteiger partial charge in [-0.3, -0.25) is 15.1 Å². The lowest BCUT2D eigenvalue weighted by Gasteiger charge is -2.34. The fourth-order valence-corrected chi connectivity index (χ4v) is 4.54. The van der Waals surface area contributed by atoms with Crippen LogP contribution in [0, 0.1) is 0 Å². The Morgan fingerprint density at radius 1 is 1.10 bits per heavy atom. The van der Waals surface area contributed by atoms with E-state index in [9.17, 15) is 4.79 Å². The summed E-state index contributed by atoms with van der Waals surface area (Å²) in [6.45, 7) is 6.56. The Morgan fingerprint density at radius 2 is 1.87 bits per heavy atom.